The third kappa shape index (κ3) is 5.23. The van der Waals surface area contributed by atoms with Crippen LogP contribution in [0.1, 0.15) is 41.5 Å². The van der Waals surface area contributed by atoms with E-state index in [1.165, 1.54) is 0 Å². The average molecular weight is 439 g/mol. The Hall–Kier alpha value is -2.91. The van der Waals surface area contributed by atoms with Gasteiger partial charge in [0.25, 0.3) is 0 Å². The van der Waals surface area contributed by atoms with E-state index in [-0.39, 0.29) is 11.8 Å². The molecule has 1 N–H and O–H groups in total. The number of nitrogens with one attached hydrogen (secondary N) is 1. The Morgan fingerprint density at radius 2 is 1.81 bits per heavy atom. The van der Waals surface area contributed by atoms with Gasteiger partial charge >= 0.3 is 0 Å². The van der Waals surface area contributed by atoms with E-state index in [0.29, 0.717) is 30.4 Å². The quantitative estimate of drug-likeness (QED) is 0.604. The van der Waals surface area contributed by atoms with Crippen LogP contribution < -0.4 is 5.32 Å². The Kier molecular flexibility index (Phi) is 6.24. The Labute approximate surface area is 182 Å². The first-order valence-corrected chi connectivity index (χ1v) is 12.0. The molecule has 1 saturated heterocycles. The van der Waals surface area contributed by atoms with Crippen molar-refractivity contribution in [3.8, 4) is 0 Å². The summed E-state index contributed by atoms with van der Waals surface area (Å²) >= 11 is 0. The lowest BCUT2D eigenvalue weighted by molar-refractivity contribution is 0.390. The van der Waals surface area contributed by atoms with Crippen LogP contribution in [-0.2, 0) is 16.4 Å². The van der Waals surface area contributed by atoms with E-state index >= 15 is 0 Å². The molecule has 0 aliphatic carbocycles. The Bertz CT molecular complexity index is 1130. The lowest BCUT2D eigenvalue weighted by atomic mass is 10.2. The molecule has 1 unspecified atom stereocenters. The molecule has 0 radical (unpaired) electrons. The first-order valence-electron chi connectivity index (χ1n) is 10.4. The summed E-state index contributed by atoms with van der Waals surface area (Å²) in [6.07, 6.45) is 5.25. The molecule has 0 spiro atoms. The van der Waals surface area contributed by atoms with Crippen LogP contribution in [0.3, 0.4) is 0 Å². The number of aryl methyl sites for hydroxylation is 3. The zero-order chi connectivity index (χ0) is 21.8. The number of hydrogen-bond acceptors (Lipinski definition) is 7. The molecule has 3 aromatic rings. The van der Waals surface area contributed by atoms with Crippen LogP contribution >= 0.6 is 0 Å². The van der Waals surface area contributed by atoms with Gasteiger partial charge < -0.3 is 5.32 Å². The lowest BCUT2D eigenvalue weighted by Gasteiger charge is -2.23. The molecule has 0 bridgehead atoms. The van der Waals surface area contributed by atoms with Crippen molar-refractivity contribution in [2.24, 2.45) is 0 Å². The van der Waals surface area contributed by atoms with E-state index in [1.54, 1.807) is 16.7 Å². The number of benzene rings is 1. The maximum atomic E-state index is 13.1. The van der Waals surface area contributed by atoms with E-state index in [2.05, 4.69) is 25.3 Å². The molecule has 1 aliphatic heterocycles. The first-order chi connectivity index (χ1) is 14.9. The van der Waals surface area contributed by atoms with Crippen molar-refractivity contribution in [2.45, 2.75) is 39.2 Å². The SMILES string of the molecule is Cc1cc(C)nc(Nc2cncc(C3CCCN3S(=O)(=O)CCc3ccccc3)n2)n1. The van der Waals surface area contributed by atoms with Crippen LogP contribution in [0.25, 0.3) is 0 Å². The minimum Gasteiger partial charge on any atom is -0.307 e. The molecule has 1 atom stereocenters. The lowest BCUT2D eigenvalue weighted by Crippen LogP contribution is -2.33. The molecular weight excluding hydrogens is 412 g/mol. The first kappa shape index (κ1) is 21.3. The normalized spacial score (nSPS) is 17.0. The van der Waals surface area contributed by atoms with Crippen molar-refractivity contribution in [3.63, 3.8) is 0 Å². The fraction of sp³-hybridized carbons (Fsp3) is 0.364. The van der Waals surface area contributed by atoms with E-state index in [9.17, 15) is 8.42 Å². The number of anilines is 2. The summed E-state index contributed by atoms with van der Waals surface area (Å²) in [6, 6.07) is 11.3. The topological polar surface area (TPSA) is 101 Å². The maximum absolute atomic E-state index is 13.1. The highest BCUT2D eigenvalue weighted by Gasteiger charge is 2.36. The van der Waals surface area contributed by atoms with E-state index in [4.69, 9.17) is 0 Å². The highest BCUT2D eigenvalue weighted by Crippen LogP contribution is 2.34. The van der Waals surface area contributed by atoms with Gasteiger partial charge in [0.1, 0.15) is 0 Å². The summed E-state index contributed by atoms with van der Waals surface area (Å²) < 4.78 is 27.7. The molecule has 1 aliphatic rings. The number of hydrogen-bond donors (Lipinski definition) is 1. The molecule has 3 heterocycles. The number of nitrogens with zero attached hydrogens (tertiary/aromatic N) is 5. The fourth-order valence-electron chi connectivity index (χ4n) is 3.88. The Morgan fingerprint density at radius 3 is 2.55 bits per heavy atom. The molecule has 9 heteroatoms. The van der Waals surface area contributed by atoms with Gasteiger partial charge in [0.2, 0.25) is 16.0 Å². The third-order valence-corrected chi connectivity index (χ3v) is 7.14. The Morgan fingerprint density at radius 1 is 1.06 bits per heavy atom. The summed E-state index contributed by atoms with van der Waals surface area (Å²) in [6.45, 7) is 4.30. The van der Waals surface area contributed by atoms with Crippen molar-refractivity contribution < 1.29 is 8.42 Å². The third-order valence-electron chi connectivity index (χ3n) is 5.27. The fourth-order valence-corrected chi connectivity index (χ4v) is 5.61. The smallest absolute Gasteiger partial charge is 0.228 e. The number of rotatable bonds is 7. The number of aromatic nitrogens is 4. The monoisotopic (exact) mass is 438 g/mol. The zero-order valence-corrected chi connectivity index (χ0v) is 18.5. The van der Waals surface area contributed by atoms with Crippen molar-refractivity contribution >= 4 is 21.8 Å². The average Bonchev–Trinajstić information content (AvgIpc) is 3.24. The van der Waals surface area contributed by atoms with Crippen LogP contribution in [0.4, 0.5) is 11.8 Å². The van der Waals surface area contributed by atoms with Crippen LogP contribution in [0.2, 0.25) is 0 Å². The molecule has 0 saturated carbocycles. The van der Waals surface area contributed by atoms with Gasteiger partial charge in [0.05, 0.1) is 29.9 Å². The minimum atomic E-state index is -3.42. The summed E-state index contributed by atoms with van der Waals surface area (Å²) in [5.41, 5.74) is 3.35. The molecule has 8 nitrogen and oxygen atoms in total. The Balaban J connectivity index is 1.51. The molecule has 31 heavy (non-hydrogen) atoms. The summed E-state index contributed by atoms with van der Waals surface area (Å²) in [7, 11) is -3.42. The van der Waals surface area contributed by atoms with Crippen molar-refractivity contribution in [2.75, 3.05) is 17.6 Å². The standard InChI is InChI=1S/C22H26N6O2S/c1-16-13-17(2)25-22(24-16)27-21-15-23-14-19(26-21)20-9-6-11-28(20)31(29,30)12-10-18-7-4-3-5-8-18/h3-5,7-8,13-15,20H,6,9-12H2,1-2H3,(H,24,25,26,27). The van der Waals surface area contributed by atoms with Gasteiger partial charge in [-0.1, -0.05) is 30.3 Å². The van der Waals surface area contributed by atoms with Gasteiger partial charge in [-0.05, 0) is 44.7 Å². The van der Waals surface area contributed by atoms with E-state index in [0.717, 1.165) is 29.8 Å². The van der Waals surface area contributed by atoms with Gasteiger partial charge in [0, 0.05) is 17.9 Å². The molecular formula is C22H26N6O2S. The van der Waals surface area contributed by atoms with E-state index < -0.39 is 10.0 Å². The second-order valence-electron chi connectivity index (χ2n) is 7.75. The van der Waals surface area contributed by atoms with Gasteiger partial charge in [0.15, 0.2) is 5.82 Å². The highest BCUT2D eigenvalue weighted by molar-refractivity contribution is 7.89. The summed E-state index contributed by atoms with van der Waals surface area (Å²) in [5, 5.41) is 3.09. The van der Waals surface area contributed by atoms with Crippen molar-refractivity contribution in [1.82, 2.24) is 24.2 Å². The van der Waals surface area contributed by atoms with Gasteiger partial charge in [-0.2, -0.15) is 4.31 Å². The molecule has 1 aromatic carbocycles. The van der Waals surface area contributed by atoms with Gasteiger partial charge in [-0.3, -0.25) is 4.98 Å². The zero-order valence-electron chi connectivity index (χ0n) is 17.7. The van der Waals surface area contributed by atoms with Gasteiger partial charge in [-0.25, -0.2) is 23.4 Å². The highest BCUT2D eigenvalue weighted by atomic mass is 32.2. The van der Waals surface area contributed by atoms with Crippen molar-refractivity contribution in [1.29, 1.82) is 0 Å². The second kappa shape index (κ2) is 9.07. The van der Waals surface area contributed by atoms with Crippen LogP contribution in [-0.4, -0.2) is 45.0 Å². The van der Waals surface area contributed by atoms with Crippen LogP contribution in [0.15, 0.2) is 48.8 Å². The molecule has 0 amide bonds. The number of sulfonamides is 1. The minimum absolute atomic E-state index is 0.0787. The van der Waals surface area contributed by atoms with Gasteiger partial charge in [-0.15, -0.1) is 0 Å². The van der Waals surface area contributed by atoms with Crippen LogP contribution in [0.5, 0.6) is 0 Å². The molecule has 2 aromatic heterocycles. The molecule has 1 fully saturated rings. The largest absolute Gasteiger partial charge is 0.307 e. The summed E-state index contributed by atoms with van der Waals surface area (Å²) in [4.78, 5) is 17.6. The molecule has 162 valence electrons. The van der Waals surface area contributed by atoms with Crippen LogP contribution in [0, 0.1) is 13.8 Å². The second-order valence-corrected chi connectivity index (χ2v) is 9.79. The molecule has 4 rings (SSSR count). The van der Waals surface area contributed by atoms with Crippen molar-refractivity contribution in [3.05, 3.63) is 71.4 Å². The summed E-state index contributed by atoms with van der Waals surface area (Å²) in [5.74, 6) is 1.02. The predicted molar refractivity (Wildman–Crippen MR) is 119 cm³/mol. The maximum Gasteiger partial charge on any atom is 0.228 e. The van der Waals surface area contributed by atoms with E-state index in [1.807, 2.05) is 50.2 Å². The predicted octanol–water partition coefficient (Wildman–Crippen LogP) is 3.34.